The molecule has 0 radical (unpaired) electrons. The summed E-state index contributed by atoms with van der Waals surface area (Å²) < 4.78 is 11.0. The van der Waals surface area contributed by atoms with Gasteiger partial charge in [0, 0.05) is 25.1 Å². The number of ether oxygens (including phenoxy) is 2. The summed E-state index contributed by atoms with van der Waals surface area (Å²) in [6.07, 6.45) is 5.52. The molecule has 1 aliphatic carbocycles. The molecule has 3 aromatic carbocycles. The zero-order chi connectivity index (χ0) is 24.7. The third-order valence-electron chi connectivity index (χ3n) is 7.96. The SMILES string of the molecule is Cc1ccc(CC(=O)C2(c3ccc4c(c3)OCO4)CC2)cc1-c1ccc(C(=O)N2CCCCC2)cc1. The lowest BCUT2D eigenvalue weighted by atomic mass is 9.87. The number of hydrogen-bond donors (Lipinski definition) is 0. The third kappa shape index (κ3) is 4.17. The summed E-state index contributed by atoms with van der Waals surface area (Å²) in [6.45, 7) is 4.02. The molecule has 2 fully saturated rings. The van der Waals surface area contributed by atoms with Crippen LogP contribution in [0.2, 0.25) is 0 Å². The van der Waals surface area contributed by atoms with Crippen molar-refractivity contribution in [3.8, 4) is 22.6 Å². The highest BCUT2D eigenvalue weighted by molar-refractivity contribution is 5.96. The number of piperidine rings is 1. The average Bonchev–Trinajstić information content (AvgIpc) is 3.60. The van der Waals surface area contributed by atoms with Crippen LogP contribution < -0.4 is 9.47 Å². The number of ketones is 1. The van der Waals surface area contributed by atoms with Gasteiger partial charge in [0.05, 0.1) is 5.41 Å². The maximum absolute atomic E-state index is 13.5. The van der Waals surface area contributed by atoms with Gasteiger partial charge in [-0.1, -0.05) is 36.4 Å². The molecule has 3 aliphatic rings. The van der Waals surface area contributed by atoms with Crippen molar-refractivity contribution in [3.63, 3.8) is 0 Å². The quantitative estimate of drug-likeness (QED) is 0.443. The number of aryl methyl sites for hydroxylation is 1. The lowest BCUT2D eigenvalue weighted by molar-refractivity contribution is -0.120. The molecule has 0 unspecified atom stereocenters. The number of likely N-dealkylation sites (tertiary alicyclic amines) is 1. The molecule has 3 aromatic rings. The number of hydrogen-bond acceptors (Lipinski definition) is 4. The van der Waals surface area contributed by atoms with Crippen molar-refractivity contribution >= 4 is 11.7 Å². The fourth-order valence-electron chi connectivity index (χ4n) is 5.56. The fraction of sp³-hybridized carbons (Fsp3) is 0.355. The highest BCUT2D eigenvalue weighted by Crippen LogP contribution is 2.51. The van der Waals surface area contributed by atoms with Crippen LogP contribution in [0.5, 0.6) is 11.5 Å². The van der Waals surface area contributed by atoms with E-state index < -0.39 is 5.41 Å². The van der Waals surface area contributed by atoms with Crippen LogP contribution in [0.25, 0.3) is 11.1 Å². The van der Waals surface area contributed by atoms with Crippen LogP contribution >= 0.6 is 0 Å². The lowest BCUT2D eigenvalue weighted by Gasteiger charge is -2.26. The number of carbonyl (C=O) groups excluding carboxylic acids is 2. The van der Waals surface area contributed by atoms with Gasteiger partial charge in [0.2, 0.25) is 6.79 Å². The van der Waals surface area contributed by atoms with Gasteiger partial charge in [0.25, 0.3) is 5.91 Å². The number of fused-ring (bicyclic) bond motifs is 1. The topological polar surface area (TPSA) is 55.8 Å². The second kappa shape index (κ2) is 9.12. The summed E-state index contributed by atoms with van der Waals surface area (Å²) in [5.41, 5.74) is 5.68. The predicted molar refractivity (Wildman–Crippen MR) is 139 cm³/mol. The molecule has 6 rings (SSSR count). The minimum absolute atomic E-state index is 0.121. The molecule has 1 amide bonds. The minimum Gasteiger partial charge on any atom is -0.454 e. The first kappa shape index (κ1) is 22.8. The van der Waals surface area contributed by atoms with Crippen LogP contribution in [-0.4, -0.2) is 36.5 Å². The van der Waals surface area contributed by atoms with Gasteiger partial charge in [-0.15, -0.1) is 0 Å². The Morgan fingerprint density at radius 3 is 2.36 bits per heavy atom. The fourth-order valence-corrected chi connectivity index (χ4v) is 5.56. The predicted octanol–water partition coefficient (Wildman–Crippen LogP) is 5.86. The smallest absolute Gasteiger partial charge is 0.253 e. The third-order valence-corrected chi connectivity index (χ3v) is 7.96. The molecular formula is C31H31NO4. The molecule has 5 nitrogen and oxygen atoms in total. The summed E-state index contributed by atoms with van der Waals surface area (Å²) in [4.78, 5) is 28.3. The Hall–Kier alpha value is -3.60. The minimum atomic E-state index is -0.414. The van der Waals surface area contributed by atoms with Crippen molar-refractivity contribution in [2.75, 3.05) is 19.9 Å². The molecule has 1 saturated carbocycles. The molecule has 0 spiro atoms. The zero-order valence-corrected chi connectivity index (χ0v) is 20.7. The Balaban J connectivity index is 1.20. The van der Waals surface area contributed by atoms with E-state index in [0.717, 1.165) is 83.7 Å². The summed E-state index contributed by atoms with van der Waals surface area (Å²) in [7, 11) is 0. The van der Waals surface area contributed by atoms with Crippen molar-refractivity contribution in [1.82, 2.24) is 4.90 Å². The normalized spacial score (nSPS) is 17.6. The van der Waals surface area contributed by atoms with Gasteiger partial charge in [-0.2, -0.15) is 0 Å². The Kier molecular flexibility index (Phi) is 5.79. The van der Waals surface area contributed by atoms with Gasteiger partial charge in [-0.05, 0) is 91.1 Å². The summed E-state index contributed by atoms with van der Waals surface area (Å²) in [6, 6.07) is 20.1. The maximum atomic E-state index is 13.5. The Morgan fingerprint density at radius 2 is 1.61 bits per heavy atom. The average molecular weight is 482 g/mol. The molecule has 184 valence electrons. The van der Waals surface area contributed by atoms with E-state index in [-0.39, 0.29) is 18.5 Å². The second-order valence-corrected chi connectivity index (χ2v) is 10.3. The number of carbonyl (C=O) groups is 2. The Labute approximate surface area is 212 Å². The van der Waals surface area contributed by atoms with Crippen LogP contribution in [0.4, 0.5) is 0 Å². The van der Waals surface area contributed by atoms with E-state index in [2.05, 4.69) is 25.1 Å². The molecule has 0 bridgehead atoms. The van der Waals surface area contributed by atoms with Crippen molar-refractivity contribution in [2.45, 2.75) is 50.9 Å². The van der Waals surface area contributed by atoms with Crippen LogP contribution in [0.3, 0.4) is 0 Å². The number of Topliss-reactive ketones (excluding diaryl/α,β-unsaturated/α-hetero) is 1. The molecule has 0 atom stereocenters. The molecule has 2 aliphatic heterocycles. The molecule has 2 heterocycles. The van der Waals surface area contributed by atoms with E-state index in [0.29, 0.717) is 6.42 Å². The first-order chi connectivity index (χ1) is 17.5. The summed E-state index contributed by atoms with van der Waals surface area (Å²) in [5, 5.41) is 0. The van der Waals surface area contributed by atoms with Crippen LogP contribution in [0.15, 0.2) is 60.7 Å². The molecule has 0 N–H and O–H groups in total. The number of amides is 1. The van der Waals surface area contributed by atoms with E-state index in [1.165, 1.54) is 6.42 Å². The highest BCUT2D eigenvalue weighted by atomic mass is 16.7. The Morgan fingerprint density at radius 1 is 0.861 bits per heavy atom. The second-order valence-electron chi connectivity index (χ2n) is 10.3. The van der Waals surface area contributed by atoms with E-state index >= 15 is 0 Å². The largest absolute Gasteiger partial charge is 0.454 e. The first-order valence-electron chi connectivity index (χ1n) is 13.0. The van der Waals surface area contributed by atoms with E-state index in [4.69, 9.17) is 9.47 Å². The van der Waals surface area contributed by atoms with Crippen LogP contribution in [-0.2, 0) is 16.6 Å². The first-order valence-corrected chi connectivity index (χ1v) is 13.0. The van der Waals surface area contributed by atoms with Crippen LogP contribution in [0, 0.1) is 6.92 Å². The Bertz CT molecular complexity index is 1320. The molecule has 5 heteroatoms. The van der Waals surface area contributed by atoms with E-state index in [9.17, 15) is 9.59 Å². The van der Waals surface area contributed by atoms with Gasteiger partial charge in [0.1, 0.15) is 5.78 Å². The van der Waals surface area contributed by atoms with Crippen LogP contribution in [0.1, 0.15) is 59.2 Å². The van der Waals surface area contributed by atoms with Gasteiger partial charge >= 0.3 is 0 Å². The van der Waals surface area contributed by atoms with Crippen molar-refractivity contribution in [3.05, 3.63) is 82.9 Å². The lowest BCUT2D eigenvalue weighted by Crippen LogP contribution is -2.35. The highest BCUT2D eigenvalue weighted by Gasteiger charge is 2.50. The number of benzene rings is 3. The zero-order valence-electron chi connectivity index (χ0n) is 20.7. The maximum Gasteiger partial charge on any atom is 0.253 e. The van der Waals surface area contributed by atoms with Gasteiger partial charge < -0.3 is 14.4 Å². The number of nitrogens with zero attached hydrogens (tertiary/aromatic N) is 1. The standard InChI is InChI=1S/C31H31NO4/c1-21-5-6-22(18-29(33)31(13-14-31)25-11-12-27-28(19-25)36-20-35-27)17-26(21)23-7-9-24(10-8-23)30(34)32-15-3-2-4-16-32/h5-12,17,19H,2-4,13-16,18,20H2,1H3. The van der Waals surface area contributed by atoms with E-state index in [1.807, 2.05) is 47.4 Å². The number of rotatable bonds is 6. The molecule has 0 aromatic heterocycles. The summed E-state index contributed by atoms with van der Waals surface area (Å²) in [5.74, 6) is 1.84. The molecule has 36 heavy (non-hydrogen) atoms. The van der Waals surface area contributed by atoms with Crippen molar-refractivity contribution < 1.29 is 19.1 Å². The van der Waals surface area contributed by atoms with Crippen molar-refractivity contribution in [2.24, 2.45) is 0 Å². The van der Waals surface area contributed by atoms with E-state index in [1.54, 1.807) is 0 Å². The molecular weight excluding hydrogens is 450 g/mol. The van der Waals surface area contributed by atoms with Gasteiger partial charge in [-0.25, -0.2) is 0 Å². The summed E-state index contributed by atoms with van der Waals surface area (Å²) >= 11 is 0. The van der Waals surface area contributed by atoms with Gasteiger partial charge in [-0.3, -0.25) is 9.59 Å². The van der Waals surface area contributed by atoms with Gasteiger partial charge in [0.15, 0.2) is 11.5 Å². The monoisotopic (exact) mass is 481 g/mol. The molecule has 1 saturated heterocycles. The van der Waals surface area contributed by atoms with Crippen molar-refractivity contribution in [1.29, 1.82) is 0 Å².